The molecule has 5 heteroatoms. The lowest BCUT2D eigenvalue weighted by Gasteiger charge is -2.24. The van der Waals surface area contributed by atoms with Crippen LogP contribution in [0, 0.1) is 11.3 Å². The molecule has 0 aliphatic carbocycles. The Morgan fingerprint density at radius 2 is 2.14 bits per heavy atom. The highest BCUT2D eigenvalue weighted by Crippen LogP contribution is 2.24. The maximum absolute atomic E-state index is 9.02. The van der Waals surface area contributed by atoms with Crippen LogP contribution in [0.5, 0.6) is 5.75 Å². The Kier molecular flexibility index (Phi) is 5.46. The van der Waals surface area contributed by atoms with Crippen molar-refractivity contribution in [2.45, 2.75) is 37.9 Å². The van der Waals surface area contributed by atoms with Crippen LogP contribution in [0.4, 0.5) is 0 Å². The van der Waals surface area contributed by atoms with Crippen molar-refractivity contribution in [2.24, 2.45) is 0 Å². The summed E-state index contributed by atoms with van der Waals surface area (Å²) in [5.41, 5.74) is 1.83. The van der Waals surface area contributed by atoms with Gasteiger partial charge in [-0.1, -0.05) is 6.07 Å². The van der Waals surface area contributed by atoms with Crippen molar-refractivity contribution in [2.75, 3.05) is 20.2 Å². The van der Waals surface area contributed by atoms with Crippen LogP contribution >= 0.6 is 12.4 Å². The molecule has 0 amide bonds. The van der Waals surface area contributed by atoms with E-state index >= 15 is 0 Å². The van der Waals surface area contributed by atoms with Crippen LogP contribution in [0.2, 0.25) is 0 Å². The molecule has 0 radical (unpaired) electrons. The largest absolute Gasteiger partial charge is 0.495 e. The van der Waals surface area contributed by atoms with Gasteiger partial charge in [0.25, 0.3) is 0 Å². The van der Waals surface area contributed by atoms with Gasteiger partial charge in [0.15, 0.2) is 0 Å². The molecule has 2 fully saturated rings. The fourth-order valence-electron chi connectivity index (χ4n) is 3.34. The summed E-state index contributed by atoms with van der Waals surface area (Å²) in [6.45, 7) is 3.21. The lowest BCUT2D eigenvalue weighted by molar-refractivity contribution is 0.250. The summed E-state index contributed by atoms with van der Waals surface area (Å²) in [7, 11) is 1.62. The summed E-state index contributed by atoms with van der Waals surface area (Å²) in [5, 5.41) is 12.7. The smallest absolute Gasteiger partial charge is 0.136 e. The standard InChI is InChI=1S/C16H21N3O.ClH/c1-20-16-8-12(2-3-13(16)9-17)10-19-7-6-14-4-5-15(11-19)18-14;/h2-3,8,14-15,18H,4-7,10-11H2,1H3;1H. The third kappa shape index (κ3) is 3.68. The Bertz CT molecular complexity index is 529. The van der Waals surface area contributed by atoms with Crippen LogP contribution in [-0.2, 0) is 6.54 Å². The van der Waals surface area contributed by atoms with Crippen LogP contribution in [0.15, 0.2) is 18.2 Å². The van der Waals surface area contributed by atoms with Crippen LogP contribution in [0.3, 0.4) is 0 Å². The molecule has 2 unspecified atom stereocenters. The summed E-state index contributed by atoms with van der Waals surface area (Å²) < 4.78 is 5.29. The van der Waals surface area contributed by atoms with Gasteiger partial charge in [-0.3, -0.25) is 4.90 Å². The molecule has 1 N–H and O–H groups in total. The minimum absolute atomic E-state index is 0. The topological polar surface area (TPSA) is 48.3 Å². The second-order valence-corrected chi connectivity index (χ2v) is 5.81. The molecular formula is C16H22ClN3O. The second-order valence-electron chi connectivity index (χ2n) is 5.81. The highest BCUT2D eigenvalue weighted by atomic mass is 35.5. The van der Waals surface area contributed by atoms with Gasteiger partial charge in [0, 0.05) is 31.7 Å². The maximum atomic E-state index is 9.02. The van der Waals surface area contributed by atoms with Crippen molar-refractivity contribution < 1.29 is 4.74 Å². The van der Waals surface area contributed by atoms with E-state index in [9.17, 15) is 0 Å². The summed E-state index contributed by atoms with van der Waals surface area (Å²) >= 11 is 0. The van der Waals surface area contributed by atoms with Crippen LogP contribution < -0.4 is 10.1 Å². The molecule has 4 nitrogen and oxygen atoms in total. The SMILES string of the molecule is COc1cc(CN2CCC3CCC(C2)N3)ccc1C#N.Cl. The first-order valence-corrected chi connectivity index (χ1v) is 7.34. The molecule has 0 spiro atoms. The number of fused-ring (bicyclic) bond motifs is 2. The van der Waals surface area contributed by atoms with Gasteiger partial charge in [0.05, 0.1) is 12.7 Å². The van der Waals surface area contributed by atoms with E-state index in [4.69, 9.17) is 10.00 Å². The van der Waals surface area contributed by atoms with Crippen molar-refractivity contribution in [1.82, 2.24) is 10.2 Å². The van der Waals surface area contributed by atoms with Gasteiger partial charge in [-0.05, 0) is 37.0 Å². The number of hydrogen-bond acceptors (Lipinski definition) is 4. The molecule has 0 aromatic heterocycles. The fourth-order valence-corrected chi connectivity index (χ4v) is 3.34. The van der Waals surface area contributed by atoms with E-state index in [1.54, 1.807) is 7.11 Å². The molecule has 21 heavy (non-hydrogen) atoms. The molecule has 2 saturated heterocycles. The first-order chi connectivity index (χ1) is 9.78. The van der Waals surface area contributed by atoms with E-state index < -0.39 is 0 Å². The predicted octanol–water partition coefficient (Wildman–Crippen LogP) is 2.31. The minimum atomic E-state index is 0. The van der Waals surface area contributed by atoms with E-state index in [0.29, 0.717) is 17.4 Å². The van der Waals surface area contributed by atoms with Gasteiger partial charge < -0.3 is 10.1 Å². The normalized spacial score (nSPS) is 24.8. The minimum Gasteiger partial charge on any atom is -0.495 e. The van der Waals surface area contributed by atoms with Gasteiger partial charge in [0.2, 0.25) is 0 Å². The summed E-state index contributed by atoms with van der Waals surface area (Å²) in [5.74, 6) is 0.680. The zero-order valence-corrected chi connectivity index (χ0v) is 13.2. The highest BCUT2D eigenvalue weighted by molar-refractivity contribution is 5.85. The second kappa shape index (κ2) is 7.13. The Hall–Kier alpha value is -1.28. The van der Waals surface area contributed by atoms with Crippen LogP contribution in [-0.4, -0.2) is 37.2 Å². The van der Waals surface area contributed by atoms with Crippen molar-refractivity contribution in [3.05, 3.63) is 29.3 Å². The summed E-state index contributed by atoms with van der Waals surface area (Å²) in [6, 6.07) is 9.43. The monoisotopic (exact) mass is 307 g/mol. The molecule has 2 heterocycles. The van der Waals surface area contributed by atoms with E-state index in [0.717, 1.165) is 25.7 Å². The number of hydrogen-bond donors (Lipinski definition) is 1. The number of nitrogens with one attached hydrogen (secondary N) is 1. The maximum Gasteiger partial charge on any atom is 0.136 e. The molecule has 3 rings (SSSR count). The molecule has 2 aliphatic heterocycles. The number of benzene rings is 1. The third-order valence-electron chi connectivity index (χ3n) is 4.40. The van der Waals surface area contributed by atoms with E-state index in [2.05, 4.69) is 16.3 Å². The average molecular weight is 308 g/mol. The van der Waals surface area contributed by atoms with E-state index in [1.165, 1.54) is 24.8 Å². The van der Waals surface area contributed by atoms with Gasteiger partial charge in [-0.25, -0.2) is 0 Å². The molecule has 1 aromatic rings. The predicted molar refractivity (Wildman–Crippen MR) is 84.8 cm³/mol. The van der Waals surface area contributed by atoms with Crippen molar-refractivity contribution >= 4 is 12.4 Å². The van der Waals surface area contributed by atoms with Crippen LogP contribution in [0.25, 0.3) is 0 Å². The quantitative estimate of drug-likeness (QED) is 0.931. The molecule has 2 aliphatic rings. The van der Waals surface area contributed by atoms with Gasteiger partial charge >= 0.3 is 0 Å². The lowest BCUT2D eigenvalue weighted by Crippen LogP contribution is -2.34. The Morgan fingerprint density at radius 3 is 2.90 bits per heavy atom. The van der Waals surface area contributed by atoms with Crippen LogP contribution in [0.1, 0.15) is 30.4 Å². The first kappa shape index (κ1) is 16.1. The zero-order chi connectivity index (χ0) is 13.9. The number of halogens is 1. The lowest BCUT2D eigenvalue weighted by atomic mass is 10.1. The van der Waals surface area contributed by atoms with E-state index in [1.807, 2.05) is 18.2 Å². The molecule has 2 atom stereocenters. The van der Waals surface area contributed by atoms with Crippen molar-refractivity contribution in [3.63, 3.8) is 0 Å². The number of rotatable bonds is 3. The van der Waals surface area contributed by atoms with Gasteiger partial charge in [-0.2, -0.15) is 5.26 Å². The van der Waals surface area contributed by atoms with Gasteiger partial charge in [0.1, 0.15) is 11.8 Å². The fraction of sp³-hybridized carbons (Fsp3) is 0.562. The van der Waals surface area contributed by atoms with Crippen molar-refractivity contribution in [1.29, 1.82) is 5.26 Å². The Labute approximate surface area is 132 Å². The number of ether oxygens (including phenoxy) is 1. The van der Waals surface area contributed by atoms with Crippen molar-refractivity contribution in [3.8, 4) is 11.8 Å². The third-order valence-corrected chi connectivity index (χ3v) is 4.40. The Balaban J connectivity index is 0.00000161. The highest BCUT2D eigenvalue weighted by Gasteiger charge is 2.29. The summed E-state index contributed by atoms with van der Waals surface area (Å²) in [4.78, 5) is 2.51. The molecule has 1 aromatic carbocycles. The van der Waals surface area contributed by atoms with E-state index in [-0.39, 0.29) is 12.4 Å². The zero-order valence-electron chi connectivity index (χ0n) is 12.3. The summed E-state index contributed by atoms with van der Waals surface area (Å²) in [6.07, 6.45) is 3.88. The molecule has 2 bridgehead atoms. The Morgan fingerprint density at radius 1 is 1.33 bits per heavy atom. The molecular weight excluding hydrogens is 286 g/mol. The number of nitrogens with zero attached hydrogens (tertiary/aromatic N) is 2. The number of nitriles is 1. The van der Waals surface area contributed by atoms with Gasteiger partial charge in [-0.15, -0.1) is 12.4 Å². The number of methoxy groups -OCH3 is 1. The average Bonchev–Trinajstić information content (AvgIpc) is 2.81. The molecule has 114 valence electrons. The number of likely N-dealkylation sites (tertiary alicyclic amines) is 1. The molecule has 0 saturated carbocycles. The first-order valence-electron chi connectivity index (χ1n) is 7.34.